The van der Waals surface area contributed by atoms with Crippen LogP contribution in [0.15, 0.2) is 48.5 Å². The number of hydrogen-bond acceptors (Lipinski definition) is 4. The molecular formula is C20H20N2O4. The fraction of sp³-hybridized carbons (Fsp3) is 0.200. The molecule has 134 valence electrons. The van der Waals surface area contributed by atoms with Gasteiger partial charge in [-0.1, -0.05) is 12.1 Å². The summed E-state index contributed by atoms with van der Waals surface area (Å²) in [5.41, 5.74) is 2.07. The maximum absolute atomic E-state index is 12.1. The summed E-state index contributed by atoms with van der Waals surface area (Å²) in [6.45, 7) is 1.02. The zero-order chi connectivity index (χ0) is 18.5. The SMILES string of the molecule is CN(C)C(=O)c1ccc(/C=C/C(=O)Nc2ccc3c(c2)OCCO3)cc1. The molecule has 26 heavy (non-hydrogen) atoms. The van der Waals surface area contributed by atoms with E-state index in [0.717, 1.165) is 5.56 Å². The third kappa shape index (κ3) is 4.22. The topological polar surface area (TPSA) is 67.9 Å². The molecule has 0 spiro atoms. The fourth-order valence-electron chi connectivity index (χ4n) is 2.47. The number of anilines is 1. The van der Waals surface area contributed by atoms with Crippen molar-refractivity contribution in [1.82, 2.24) is 4.90 Å². The van der Waals surface area contributed by atoms with Gasteiger partial charge in [-0.05, 0) is 35.9 Å². The predicted molar refractivity (Wildman–Crippen MR) is 99.6 cm³/mol. The van der Waals surface area contributed by atoms with E-state index < -0.39 is 0 Å². The number of nitrogens with one attached hydrogen (secondary N) is 1. The third-order valence-electron chi connectivity index (χ3n) is 3.80. The molecule has 1 aliphatic rings. The minimum atomic E-state index is -0.255. The van der Waals surface area contributed by atoms with E-state index in [2.05, 4.69) is 5.32 Å². The molecule has 0 unspecified atom stereocenters. The Morgan fingerprint density at radius 2 is 1.69 bits per heavy atom. The number of rotatable bonds is 4. The van der Waals surface area contributed by atoms with Gasteiger partial charge in [0.2, 0.25) is 5.91 Å². The van der Waals surface area contributed by atoms with Crippen LogP contribution >= 0.6 is 0 Å². The molecule has 2 aromatic carbocycles. The van der Waals surface area contributed by atoms with Crippen molar-refractivity contribution in [3.8, 4) is 11.5 Å². The molecule has 2 amide bonds. The molecule has 0 saturated heterocycles. The molecule has 0 atom stereocenters. The molecule has 6 nitrogen and oxygen atoms in total. The molecule has 6 heteroatoms. The van der Waals surface area contributed by atoms with Gasteiger partial charge in [0, 0.05) is 37.5 Å². The Morgan fingerprint density at radius 3 is 2.38 bits per heavy atom. The van der Waals surface area contributed by atoms with Crippen LogP contribution in [0, 0.1) is 0 Å². The van der Waals surface area contributed by atoms with Gasteiger partial charge in [-0.15, -0.1) is 0 Å². The van der Waals surface area contributed by atoms with Gasteiger partial charge in [0.25, 0.3) is 5.91 Å². The van der Waals surface area contributed by atoms with Crippen molar-refractivity contribution in [2.24, 2.45) is 0 Å². The van der Waals surface area contributed by atoms with Crippen molar-refractivity contribution in [2.45, 2.75) is 0 Å². The highest BCUT2D eigenvalue weighted by Gasteiger charge is 2.12. The van der Waals surface area contributed by atoms with Gasteiger partial charge in [-0.25, -0.2) is 0 Å². The van der Waals surface area contributed by atoms with Gasteiger partial charge in [0.1, 0.15) is 13.2 Å². The van der Waals surface area contributed by atoms with Crippen molar-refractivity contribution < 1.29 is 19.1 Å². The summed E-state index contributed by atoms with van der Waals surface area (Å²) in [5, 5.41) is 2.78. The lowest BCUT2D eigenvalue weighted by molar-refractivity contribution is -0.111. The molecule has 3 rings (SSSR count). The molecule has 0 aromatic heterocycles. The summed E-state index contributed by atoms with van der Waals surface area (Å²) in [4.78, 5) is 25.5. The summed E-state index contributed by atoms with van der Waals surface area (Å²) in [7, 11) is 3.41. The first-order valence-corrected chi connectivity index (χ1v) is 8.23. The number of amides is 2. The van der Waals surface area contributed by atoms with Crippen molar-refractivity contribution in [2.75, 3.05) is 32.6 Å². The summed E-state index contributed by atoms with van der Waals surface area (Å²) in [6.07, 6.45) is 3.14. The quantitative estimate of drug-likeness (QED) is 0.859. The van der Waals surface area contributed by atoms with E-state index in [1.807, 2.05) is 0 Å². The van der Waals surface area contributed by atoms with Crippen molar-refractivity contribution in [1.29, 1.82) is 0 Å². The van der Waals surface area contributed by atoms with E-state index in [1.54, 1.807) is 62.6 Å². The lowest BCUT2D eigenvalue weighted by Crippen LogP contribution is -2.21. The van der Waals surface area contributed by atoms with Crippen LogP contribution in [0.1, 0.15) is 15.9 Å². The van der Waals surface area contributed by atoms with Gasteiger partial charge in [0.05, 0.1) is 0 Å². The lowest BCUT2D eigenvalue weighted by atomic mass is 10.1. The highest BCUT2D eigenvalue weighted by atomic mass is 16.6. The van der Waals surface area contributed by atoms with Crippen LogP contribution in [0.5, 0.6) is 11.5 Å². The Morgan fingerprint density at radius 1 is 1.00 bits per heavy atom. The van der Waals surface area contributed by atoms with Gasteiger partial charge in [-0.3, -0.25) is 9.59 Å². The van der Waals surface area contributed by atoms with Gasteiger partial charge >= 0.3 is 0 Å². The van der Waals surface area contributed by atoms with Gasteiger partial charge < -0.3 is 19.7 Å². The van der Waals surface area contributed by atoms with Crippen molar-refractivity contribution in [3.05, 3.63) is 59.7 Å². The highest BCUT2D eigenvalue weighted by molar-refractivity contribution is 6.02. The highest BCUT2D eigenvalue weighted by Crippen LogP contribution is 2.32. The molecule has 0 bridgehead atoms. The number of benzene rings is 2. The first-order chi connectivity index (χ1) is 12.5. The Labute approximate surface area is 152 Å². The number of hydrogen-bond donors (Lipinski definition) is 1. The standard InChI is InChI=1S/C20H20N2O4/c1-22(2)20(24)15-6-3-14(4-7-15)5-10-19(23)21-16-8-9-17-18(13-16)26-12-11-25-17/h3-10,13H,11-12H2,1-2H3,(H,21,23)/b10-5+. The Bertz CT molecular complexity index is 841. The molecule has 0 aliphatic carbocycles. The second-order valence-electron chi connectivity index (χ2n) is 6.00. The van der Waals surface area contributed by atoms with Crippen LogP contribution in [0.2, 0.25) is 0 Å². The molecular weight excluding hydrogens is 332 g/mol. The molecule has 0 saturated carbocycles. The zero-order valence-corrected chi connectivity index (χ0v) is 14.7. The monoisotopic (exact) mass is 352 g/mol. The number of fused-ring (bicyclic) bond motifs is 1. The summed E-state index contributed by atoms with van der Waals surface area (Å²) < 4.78 is 10.9. The number of nitrogens with zero attached hydrogens (tertiary/aromatic N) is 1. The summed E-state index contributed by atoms with van der Waals surface area (Å²) >= 11 is 0. The van der Waals surface area contributed by atoms with E-state index in [1.165, 1.54) is 11.0 Å². The fourth-order valence-corrected chi connectivity index (χ4v) is 2.47. The lowest BCUT2D eigenvalue weighted by Gasteiger charge is -2.18. The molecule has 1 N–H and O–H groups in total. The normalized spacial score (nSPS) is 12.7. The Balaban J connectivity index is 1.62. The van der Waals surface area contributed by atoms with Crippen LogP contribution < -0.4 is 14.8 Å². The molecule has 1 aliphatic heterocycles. The number of carbonyl (C=O) groups is 2. The van der Waals surface area contributed by atoms with Crippen LogP contribution in [0.25, 0.3) is 6.08 Å². The molecule has 0 fully saturated rings. The molecule has 2 aromatic rings. The van der Waals surface area contributed by atoms with E-state index in [0.29, 0.717) is 36.0 Å². The smallest absolute Gasteiger partial charge is 0.253 e. The maximum Gasteiger partial charge on any atom is 0.253 e. The van der Waals surface area contributed by atoms with Crippen LogP contribution in [0.4, 0.5) is 5.69 Å². The Hall–Kier alpha value is -3.28. The van der Waals surface area contributed by atoms with Crippen LogP contribution in [-0.4, -0.2) is 44.0 Å². The zero-order valence-electron chi connectivity index (χ0n) is 14.7. The molecule has 0 radical (unpaired) electrons. The van der Waals surface area contributed by atoms with Gasteiger partial charge in [-0.2, -0.15) is 0 Å². The van der Waals surface area contributed by atoms with Crippen molar-refractivity contribution in [3.63, 3.8) is 0 Å². The average Bonchev–Trinajstić information content (AvgIpc) is 2.66. The predicted octanol–water partition coefficient (Wildman–Crippen LogP) is 2.81. The third-order valence-corrected chi connectivity index (χ3v) is 3.80. The Kier molecular flexibility index (Phi) is 5.22. The summed E-state index contributed by atoms with van der Waals surface area (Å²) in [5.74, 6) is 0.989. The summed E-state index contributed by atoms with van der Waals surface area (Å²) in [6, 6.07) is 12.3. The van der Waals surface area contributed by atoms with Gasteiger partial charge in [0.15, 0.2) is 11.5 Å². The van der Waals surface area contributed by atoms with Crippen LogP contribution in [-0.2, 0) is 4.79 Å². The number of ether oxygens (including phenoxy) is 2. The second kappa shape index (κ2) is 7.74. The molecule has 1 heterocycles. The van der Waals surface area contributed by atoms with Crippen molar-refractivity contribution >= 4 is 23.6 Å². The van der Waals surface area contributed by atoms with E-state index in [-0.39, 0.29) is 11.8 Å². The van der Waals surface area contributed by atoms with E-state index in [4.69, 9.17) is 9.47 Å². The maximum atomic E-state index is 12.1. The first-order valence-electron chi connectivity index (χ1n) is 8.23. The number of carbonyl (C=O) groups excluding carboxylic acids is 2. The van der Waals surface area contributed by atoms with Crippen LogP contribution in [0.3, 0.4) is 0 Å². The second-order valence-corrected chi connectivity index (χ2v) is 6.00. The largest absolute Gasteiger partial charge is 0.486 e. The minimum absolute atomic E-state index is 0.0584. The first kappa shape index (κ1) is 17.5. The van der Waals surface area contributed by atoms with E-state index in [9.17, 15) is 9.59 Å². The van der Waals surface area contributed by atoms with E-state index >= 15 is 0 Å². The average molecular weight is 352 g/mol. The minimum Gasteiger partial charge on any atom is -0.486 e.